The zero-order valence-corrected chi connectivity index (χ0v) is 27.6. The molecule has 0 radical (unpaired) electrons. The molecule has 7 nitrogen and oxygen atoms in total. The zero-order valence-electron chi connectivity index (χ0n) is 27.6. The third kappa shape index (κ3) is 3.82. The highest BCUT2D eigenvalue weighted by atomic mass is 16.7. The van der Waals surface area contributed by atoms with E-state index in [4.69, 9.17) is 14.2 Å². The van der Waals surface area contributed by atoms with Crippen LogP contribution in [0.1, 0.15) is 91.5 Å². The van der Waals surface area contributed by atoms with Gasteiger partial charge in [-0.15, -0.1) is 0 Å². The number of fused-ring (bicyclic) bond motifs is 4. The van der Waals surface area contributed by atoms with Crippen LogP contribution >= 0.6 is 0 Å². The molecular weight excluding hydrogens is 552 g/mol. The standard InChI is InChI=1S/C37H54N2O5/c1-23-11-18-43-31-30(23)34(4)13-14-37-22-36(37)12-8-27(33(2,3)25(36)6-7-26(37)35(34,5)32(31)41)44-29-21-39(17-19-42-29)28(40)20-24-9-15-38-16-10-24/h9-10,15-16,23,25-27,29-32,41H,6-8,11-14,17-22H2,1-5H3/t23-,25+,26+,27+,29?,30?,31?,32+,34-,35-,36-,37?/m1/s1. The predicted molar refractivity (Wildman–Crippen MR) is 166 cm³/mol. The van der Waals surface area contributed by atoms with Gasteiger partial charge in [0.15, 0.2) is 6.29 Å². The largest absolute Gasteiger partial charge is 0.390 e. The molecule has 1 aromatic heterocycles. The van der Waals surface area contributed by atoms with Gasteiger partial charge in [0, 0.05) is 31.0 Å². The van der Waals surface area contributed by atoms with E-state index in [-0.39, 0.29) is 46.8 Å². The number of hydrogen-bond acceptors (Lipinski definition) is 6. The van der Waals surface area contributed by atoms with Crippen LogP contribution in [0.15, 0.2) is 24.5 Å². The van der Waals surface area contributed by atoms with Crippen LogP contribution in [0.3, 0.4) is 0 Å². The minimum absolute atomic E-state index is 0.00328. The highest BCUT2D eigenvalue weighted by Gasteiger charge is 2.84. The monoisotopic (exact) mass is 606 g/mol. The Kier molecular flexibility index (Phi) is 6.77. The fourth-order valence-electron chi connectivity index (χ4n) is 13.3. The molecule has 1 aromatic rings. The summed E-state index contributed by atoms with van der Waals surface area (Å²) in [5, 5.41) is 12.1. The topological polar surface area (TPSA) is 81.1 Å². The lowest BCUT2D eigenvalue weighted by Gasteiger charge is -2.63. The lowest BCUT2D eigenvalue weighted by molar-refractivity contribution is -0.248. The zero-order chi connectivity index (χ0) is 30.7. The highest BCUT2D eigenvalue weighted by molar-refractivity contribution is 5.78. The Labute approximate surface area is 263 Å². The molecule has 7 heteroatoms. The number of rotatable bonds is 4. The SMILES string of the molecule is C[C@@H]1CCOC2C1[C@@]1(C)CCC34C[C@@]35CC[C@H](OC3CN(C(=O)Cc6ccncc6)CCO3)C(C)(C)[C@@H]5CC[C@H]4[C@]1(C)[C@H]2O. The van der Waals surface area contributed by atoms with Gasteiger partial charge in [0.25, 0.3) is 0 Å². The molecule has 2 saturated heterocycles. The van der Waals surface area contributed by atoms with E-state index in [1.807, 2.05) is 17.0 Å². The van der Waals surface area contributed by atoms with Crippen LogP contribution in [0.4, 0.5) is 0 Å². The number of aliphatic hydroxyl groups excluding tert-OH is 1. The maximum Gasteiger partial charge on any atom is 0.227 e. The van der Waals surface area contributed by atoms with Crippen LogP contribution < -0.4 is 0 Å². The minimum atomic E-state index is -0.374. The van der Waals surface area contributed by atoms with Crippen LogP contribution in [-0.2, 0) is 25.4 Å². The fourth-order valence-corrected chi connectivity index (χ4v) is 13.3. The summed E-state index contributed by atoms with van der Waals surface area (Å²) in [6.07, 6.45) is 12.9. The molecule has 3 heterocycles. The summed E-state index contributed by atoms with van der Waals surface area (Å²) in [4.78, 5) is 19.1. The van der Waals surface area contributed by atoms with Crippen molar-refractivity contribution in [2.45, 2.75) is 117 Å². The number of ether oxygens (including phenoxy) is 3. The van der Waals surface area contributed by atoms with Gasteiger partial charge in [-0.3, -0.25) is 9.78 Å². The van der Waals surface area contributed by atoms with Crippen LogP contribution in [0, 0.1) is 50.7 Å². The highest BCUT2D eigenvalue weighted by Crippen LogP contribution is 2.89. The van der Waals surface area contributed by atoms with Crippen molar-refractivity contribution in [1.82, 2.24) is 9.88 Å². The molecule has 242 valence electrons. The van der Waals surface area contributed by atoms with E-state index < -0.39 is 0 Å². The number of aliphatic hydroxyl groups is 1. The molecule has 2 spiro atoms. The maximum absolute atomic E-state index is 13.1. The lowest BCUT2D eigenvalue weighted by Crippen LogP contribution is -2.60. The van der Waals surface area contributed by atoms with E-state index in [0.29, 0.717) is 60.6 Å². The number of carbonyl (C=O) groups is 1. The second-order valence-corrected chi connectivity index (χ2v) is 17.1. The van der Waals surface area contributed by atoms with Gasteiger partial charge < -0.3 is 24.2 Å². The van der Waals surface area contributed by atoms with Gasteiger partial charge in [0.2, 0.25) is 5.91 Å². The molecule has 12 atom stereocenters. The van der Waals surface area contributed by atoms with Gasteiger partial charge in [-0.05, 0) is 114 Å². The van der Waals surface area contributed by atoms with E-state index in [2.05, 4.69) is 39.6 Å². The molecule has 2 aliphatic heterocycles. The van der Waals surface area contributed by atoms with Crippen LogP contribution in [0.25, 0.3) is 0 Å². The smallest absolute Gasteiger partial charge is 0.227 e. The third-order valence-electron chi connectivity index (χ3n) is 15.5. The summed E-state index contributed by atoms with van der Waals surface area (Å²) >= 11 is 0. The minimum Gasteiger partial charge on any atom is -0.390 e. The lowest BCUT2D eigenvalue weighted by atomic mass is 9.41. The van der Waals surface area contributed by atoms with E-state index >= 15 is 0 Å². The Morgan fingerprint density at radius 2 is 1.75 bits per heavy atom. The first-order valence-corrected chi connectivity index (χ1v) is 17.7. The average molecular weight is 607 g/mol. The predicted octanol–water partition coefficient (Wildman–Crippen LogP) is 5.64. The normalized spacial score (nSPS) is 50.5. The first-order valence-electron chi connectivity index (χ1n) is 17.7. The Balaban J connectivity index is 0.987. The molecule has 5 saturated carbocycles. The third-order valence-corrected chi connectivity index (χ3v) is 15.5. The summed E-state index contributed by atoms with van der Waals surface area (Å²) < 4.78 is 19.4. The number of aromatic nitrogens is 1. The summed E-state index contributed by atoms with van der Waals surface area (Å²) in [5.41, 5.74) is 1.78. The molecule has 0 aromatic carbocycles. The first-order chi connectivity index (χ1) is 21.0. The van der Waals surface area contributed by atoms with Crippen molar-refractivity contribution in [2.75, 3.05) is 26.3 Å². The van der Waals surface area contributed by atoms with Crippen molar-refractivity contribution in [3.8, 4) is 0 Å². The summed E-state index contributed by atoms with van der Waals surface area (Å²) in [6.45, 7) is 14.8. The van der Waals surface area contributed by atoms with Crippen molar-refractivity contribution in [1.29, 1.82) is 0 Å². The van der Waals surface area contributed by atoms with Crippen LogP contribution in [0.2, 0.25) is 0 Å². The molecular formula is C37H54N2O5. The summed E-state index contributed by atoms with van der Waals surface area (Å²) in [5.74, 6) is 2.38. The number of morpholine rings is 1. The van der Waals surface area contributed by atoms with Gasteiger partial charge >= 0.3 is 0 Å². The van der Waals surface area contributed by atoms with Crippen molar-refractivity contribution in [3.63, 3.8) is 0 Å². The second kappa shape index (κ2) is 9.98. The van der Waals surface area contributed by atoms with Gasteiger partial charge in [-0.1, -0.05) is 34.6 Å². The Morgan fingerprint density at radius 3 is 2.55 bits per heavy atom. The number of nitrogens with zero attached hydrogens (tertiary/aromatic N) is 2. The van der Waals surface area contributed by atoms with E-state index in [1.54, 1.807) is 12.4 Å². The quantitative estimate of drug-likeness (QED) is 0.478. The van der Waals surface area contributed by atoms with Crippen molar-refractivity contribution in [3.05, 3.63) is 30.1 Å². The molecule has 7 aliphatic rings. The molecule has 1 N–H and O–H groups in total. The molecule has 0 bridgehead atoms. The molecule has 5 aliphatic carbocycles. The van der Waals surface area contributed by atoms with Crippen LogP contribution in [-0.4, -0.2) is 71.8 Å². The fraction of sp³-hybridized carbons (Fsp3) is 0.838. The van der Waals surface area contributed by atoms with Gasteiger partial charge in [0.05, 0.1) is 37.9 Å². The first kappa shape index (κ1) is 29.8. The average Bonchev–Trinajstić information content (AvgIpc) is 3.64. The number of pyridine rings is 1. The Bertz CT molecular complexity index is 1290. The molecule has 7 fully saturated rings. The Morgan fingerprint density at radius 1 is 1.00 bits per heavy atom. The summed E-state index contributed by atoms with van der Waals surface area (Å²) in [6, 6.07) is 3.82. The Hall–Kier alpha value is -1.54. The maximum atomic E-state index is 13.1. The van der Waals surface area contributed by atoms with Crippen molar-refractivity contribution < 1.29 is 24.1 Å². The number of amides is 1. The number of hydrogen-bond donors (Lipinski definition) is 1. The number of carbonyl (C=O) groups excluding carboxylic acids is 1. The molecule has 4 unspecified atom stereocenters. The van der Waals surface area contributed by atoms with Crippen molar-refractivity contribution >= 4 is 5.91 Å². The van der Waals surface area contributed by atoms with Crippen LogP contribution in [0.5, 0.6) is 0 Å². The van der Waals surface area contributed by atoms with E-state index in [0.717, 1.165) is 25.0 Å². The van der Waals surface area contributed by atoms with E-state index in [1.165, 1.54) is 38.5 Å². The van der Waals surface area contributed by atoms with Crippen molar-refractivity contribution in [2.24, 2.45) is 50.7 Å². The van der Waals surface area contributed by atoms with Gasteiger partial charge in [0.1, 0.15) is 0 Å². The molecule has 8 rings (SSSR count). The second-order valence-electron chi connectivity index (χ2n) is 17.1. The van der Waals surface area contributed by atoms with Gasteiger partial charge in [-0.25, -0.2) is 0 Å². The summed E-state index contributed by atoms with van der Waals surface area (Å²) in [7, 11) is 0. The molecule has 1 amide bonds. The van der Waals surface area contributed by atoms with Gasteiger partial charge in [-0.2, -0.15) is 0 Å². The van der Waals surface area contributed by atoms with E-state index in [9.17, 15) is 9.90 Å². The molecule has 44 heavy (non-hydrogen) atoms.